The number of anilines is 3. The van der Waals surface area contributed by atoms with Crippen LogP contribution in [0.25, 0.3) is 10.9 Å². The van der Waals surface area contributed by atoms with Crippen molar-refractivity contribution in [3.05, 3.63) is 35.9 Å². The third kappa shape index (κ3) is 6.31. The quantitative estimate of drug-likeness (QED) is 0.368. The molecule has 0 saturated carbocycles. The lowest BCUT2D eigenvalue weighted by atomic mass is 10.1. The van der Waals surface area contributed by atoms with Crippen LogP contribution in [-0.4, -0.2) is 102 Å². The summed E-state index contributed by atoms with van der Waals surface area (Å²) < 4.78 is 16.8. The van der Waals surface area contributed by atoms with Gasteiger partial charge in [0.15, 0.2) is 11.5 Å². The molecular formula is C28H41N7O3. The van der Waals surface area contributed by atoms with Crippen LogP contribution in [0.3, 0.4) is 0 Å². The molecule has 1 aliphatic rings. The summed E-state index contributed by atoms with van der Waals surface area (Å²) in [5, 5.41) is 7.98. The van der Waals surface area contributed by atoms with Crippen molar-refractivity contribution in [2.24, 2.45) is 0 Å². The average Bonchev–Trinajstić information content (AvgIpc) is 3.34. The molecule has 10 heteroatoms. The Morgan fingerprint density at radius 1 is 0.974 bits per heavy atom. The number of nitrogens with zero attached hydrogens (tertiary/aromatic N) is 5. The van der Waals surface area contributed by atoms with Gasteiger partial charge in [-0.05, 0) is 38.7 Å². The van der Waals surface area contributed by atoms with Crippen molar-refractivity contribution in [2.45, 2.75) is 19.0 Å². The molecular weight excluding hydrogens is 482 g/mol. The maximum Gasteiger partial charge on any atom is 0.225 e. The normalized spacial score (nSPS) is 15.6. The number of rotatable bonds is 12. The fourth-order valence-electron chi connectivity index (χ4n) is 4.87. The number of methoxy groups -OCH3 is 3. The van der Waals surface area contributed by atoms with Gasteiger partial charge in [0.25, 0.3) is 0 Å². The van der Waals surface area contributed by atoms with Crippen LogP contribution >= 0.6 is 0 Å². The van der Waals surface area contributed by atoms with Gasteiger partial charge in [-0.3, -0.25) is 4.90 Å². The van der Waals surface area contributed by atoms with Crippen LogP contribution in [0.5, 0.6) is 17.2 Å². The Morgan fingerprint density at radius 2 is 1.71 bits per heavy atom. The molecule has 1 atom stereocenters. The first-order valence-corrected chi connectivity index (χ1v) is 13.0. The highest BCUT2D eigenvalue weighted by Gasteiger charge is 2.26. The third-order valence-electron chi connectivity index (χ3n) is 6.85. The summed E-state index contributed by atoms with van der Waals surface area (Å²) in [6.45, 7) is 4.33. The number of aromatic nitrogens is 2. The lowest BCUT2D eigenvalue weighted by molar-refractivity contribution is 0.319. The molecule has 0 spiro atoms. The van der Waals surface area contributed by atoms with Crippen molar-refractivity contribution in [2.75, 3.05) is 91.2 Å². The van der Waals surface area contributed by atoms with E-state index in [4.69, 9.17) is 24.2 Å². The van der Waals surface area contributed by atoms with E-state index in [0.29, 0.717) is 17.4 Å². The van der Waals surface area contributed by atoms with Gasteiger partial charge in [0, 0.05) is 75.6 Å². The lowest BCUT2D eigenvalue weighted by Gasteiger charge is -2.24. The topological polar surface area (TPSA) is 87.2 Å². The molecule has 2 N–H and O–H groups in total. The summed E-state index contributed by atoms with van der Waals surface area (Å²) in [7, 11) is 13.2. The molecule has 38 heavy (non-hydrogen) atoms. The highest BCUT2D eigenvalue weighted by molar-refractivity contribution is 5.92. The average molecular weight is 524 g/mol. The van der Waals surface area contributed by atoms with Gasteiger partial charge in [0.1, 0.15) is 11.6 Å². The molecule has 1 aromatic heterocycles. The highest BCUT2D eigenvalue weighted by Crippen LogP contribution is 2.36. The van der Waals surface area contributed by atoms with Crippen LogP contribution in [0.15, 0.2) is 30.3 Å². The molecule has 0 unspecified atom stereocenters. The van der Waals surface area contributed by atoms with Gasteiger partial charge in [-0.15, -0.1) is 0 Å². The zero-order valence-electron chi connectivity index (χ0n) is 23.7. The van der Waals surface area contributed by atoms with E-state index in [1.54, 1.807) is 21.3 Å². The Labute approximate surface area is 225 Å². The summed E-state index contributed by atoms with van der Waals surface area (Å²) in [5.74, 6) is 3.60. The number of likely N-dealkylation sites (tertiary alicyclic amines) is 1. The van der Waals surface area contributed by atoms with E-state index < -0.39 is 0 Å². The van der Waals surface area contributed by atoms with Crippen molar-refractivity contribution in [3.8, 4) is 17.2 Å². The van der Waals surface area contributed by atoms with Crippen molar-refractivity contribution < 1.29 is 14.2 Å². The highest BCUT2D eigenvalue weighted by atomic mass is 16.5. The minimum absolute atomic E-state index is 0.244. The number of hydrogen-bond acceptors (Lipinski definition) is 10. The minimum Gasteiger partial charge on any atom is -0.496 e. The number of fused-ring (bicyclic) bond motifs is 1. The first-order chi connectivity index (χ1) is 18.3. The molecule has 1 saturated heterocycles. The molecule has 0 radical (unpaired) electrons. The molecule has 10 nitrogen and oxygen atoms in total. The maximum absolute atomic E-state index is 5.70. The Kier molecular flexibility index (Phi) is 8.96. The lowest BCUT2D eigenvalue weighted by Crippen LogP contribution is -2.27. The first kappa shape index (κ1) is 27.5. The maximum atomic E-state index is 5.70. The van der Waals surface area contributed by atoms with Crippen molar-refractivity contribution in [1.29, 1.82) is 0 Å². The number of benzene rings is 2. The molecule has 2 aromatic carbocycles. The Morgan fingerprint density at radius 3 is 2.39 bits per heavy atom. The van der Waals surface area contributed by atoms with E-state index in [1.165, 1.54) is 11.3 Å². The van der Waals surface area contributed by atoms with E-state index in [-0.39, 0.29) is 6.04 Å². The van der Waals surface area contributed by atoms with Crippen LogP contribution in [-0.2, 0) is 6.54 Å². The number of likely N-dealkylation sites (N-methyl/N-ethyl adjacent to an activating group) is 1. The Balaban J connectivity index is 1.57. The van der Waals surface area contributed by atoms with Gasteiger partial charge in [-0.1, -0.05) is 6.07 Å². The van der Waals surface area contributed by atoms with E-state index >= 15 is 0 Å². The van der Waals surface area contributed by atoms with Gasteiger partial charge < -0.3 is 34.6 Å². The molecule has 0 bridgehead atoms. The Hall–Kier alpha value is -3.50. The smallest absolute Gasteiger partial charge is 0.225 e. The predicted octanol–water partition coefficient (Wildman–Crippen LogP) is 3.38. The van der Waals surface area contributed by atoms with E-state index in [9.17, 15) is 0 Å². The summed E-state index contributed by atoms with van der Waals surface area (Å²) >= 11 is 0. The number of ether oxygens (including phenoxy) is 3. The largest absolute Gasteiger partial charge is 0.496 e. The molecule has 1 fully saturated rings. The first-order valence-electron chi connectivity index (χ1n) is 13.0. The number of nitrogens with one attached hydrogen (secondary N) is 2. The SMILES string of the molecule is COc1cc2nc(NCCN(C)C)nc(N[C@H]3CCN(Cc4c(OC)cccc4N(C)C)C3)c2cc1OC. The van der Waals surface area contributed by atoms with Gasteiger partial charge in [0.2, 0.25) is 5.95 Å². The van der Waals surface area contributed by atoms with Gasteiger partial charge >= 0.3 is 0 Å². The summed E-state index contributed by atoms with van der Waals surface area (Å²) in [5.41, 5.74) is 3.18. The van der Waals surface area contributed by atoms with Gasteiger partial charge in [-0.25, -0.2) is 4.98 Å². The van der Waals surface area contributed by atoms with Gasteiger partial charge in [-0.2, -0.15) is 4.98 Å². The van der Waals surface area contributed by atoms with Crippen LogP contribution < -0.4 is 29.7 Å². The zero-order chi connectivity index (χ0) is 27.2. The molecule has 3 aromatic rings. The molecule has 0 aliphatic carbocycles. The van der Waals surface area contributed by atoms with Crippen molar-refractivity contribution >= 4 is 28.4 Å². The molecule has 1 aliphatic heterocycles. The standard InChI is InChI=1S/C28H41N7O3/c1-33(2)14-12-29-28-31-22-16-26(38-7)25(37-6)15-20(22)27(32-28)30-19-11-13-35(17-19)18-21-23(34(3)4)9-8-10-24(21)36-5/h8-10,15-16,19H,11-14,17-18H2,1-7H3,(H2,29,30,31,32)/t19-/m0/s1. The summed E-state index contributed by atoms with van der Waals surface area (Å²) in [6, 6.07) is 10.3. The fourth-order valence-corrected chi connectivity index (χ4v) is 4.87. The second kappa shape index (κ2) is 12.4. The number of hydrogen-bond donors (Lipinski definition) is 2. The molecule has 4 rings (SSSR count). The van der Waals surface area contributed by atoms with Crippen LogP contribution in [0.4, 0.5) is 17.5 Å². The van der Waals surface area contributed by atoms with E-state index in [1.807, 2.05) is 38.4 Å². The van der Waals surface area contributed by atoms with E-state index in [0.717, 1.165) is 61.6 Å². The Bertz CT molecular complexity index is 1230. The molecule has 206 valence electrons. The van der Waals surface area contributed by atoms with E-state index in [2.05, 4.69) is 45.5 Å². The van der Waals surface area contributed by atoms with Crippen LogP contribution in [0, 0.1) is 0 Å². The minimum atomic E-state index is 0.244. The van der Waals surface area contributed by atoms with Crippen LogP contribution in [0.2, 0.25) is 0 Å². The second-order valence-corrected chi connectivity index (χ2v) is 10.1. The van der Waals surface area contributed by atoms with Crippen molar-refractivity contribution in [3.63, 3.8) is 0 Å². The summed E-state index contributed by atoms with van der Waals surface area (Å²) in [6.07, 6.45) is 1.01. The molecule has 2 heterocycles. The second-order valence-electron chi connectivity index (χ2n) is 10.1. The third-order valence-corrected chi connectivity index (χ3v) is 6.85. The zero-order valence-corrected chi connectivity index (χ0v) is 23.7. The van der Waals surface area contributed by atoms with Gasteiger partial charge in [0.05, 0.1) is 26.8 Å². The molecule has 0 amide bonds. The summed E-state index contributed by atoms with van der Waals surface area (Å²) in [4.78, 5) is 16.4. The van der Waals surface area contributed by atoms with Crippen LogP contribution in [0.1, 0.15) is 12.0 Å². The monoisotopic (exact) mass is 523 g/mol. The predicted molar refractivity (Wildman–Crippen MR) is 154 cm³/mol. The van der Waals surface area contributed by atoms with Crippen molar-refractivity contribution in [1.82, 2.24) is 19.8 Å². The fraction of sp³-hybridized carbons (Fsp3) is 0.500.